The van der Waals surface area contributed by atoms with Gasteiger partial charge >= 0.3 is 0 Å². The van der Waals surface area contributed by atoms with E-state index < -0.39 is 11.4 Å². The molecule has 0 aliphatic rings. The fourth-order valence-electron chi connectivity index (χ4n) is 1.11. The largest absolute Gasteiger partial charge is 0.303 e. The van der Waals surface area contributed by atoms with Gasteiger partial charge in [-0.25, -0.2) is 9.97 Å². The van der Waals surface area contributed by atoms with Crippen LogP contribution in [0.1, 0.15) is 5.69 Å². The summed E-state index contributed by atoms with van der Waals surface area (Å²) in [6, 6.07) is 0. The van der Waals surface area contributed by atoms with Crippen LogP contribution in [0.3, 0.4) is 0 Å². The van der Waals surface area contributed by atoms with Crippen molar-refractivity contribution in [2.24, 2.45) is 0 Å². The van der Waals surface area contributed by atoms with Crippen LogP contribution in [0.2, 0.25) is 0 Å². The second-order valence-corrected chi connectivity index (χ2v) is 2.90. The van der Waals surface area contributed by atoms with Crippen LogP contribution in [0.15, 0.2) is 23.4 Å². The summed E-state index contributed by atoms with van der Waals surface area (Å²) in [5.41, 5.74) is -0.361. The first-order chi connectivity index (χ1) is 7.18. The molecule has 0 unspecified atom stereocenters. The normalized spacial score (nSPS) is 10.3. The van der Waals surface area contributed by atoms with Gasteiger partial charge in [-0.05, 0) is 6.92 Å². The summed E-state index contributed by atoms with van der Waals surface area (Å²) >= 11 is 0. The average molecular weight is 206 g/mol. The Morgan fingerprint density at radius 3 is 2.80 bits per heavy atom. The van der Waals surface area contributed by atoms with Crippen molar-refractivity contribution in [3.05, 3.63) is 40.5 Å². The zero-order valence-electron chi connectivity index (χ0n) is 7.86. The highest BCUT2D eigenvalue weighted by atomic mass is 19.1. The smallest absolute Gasteiger partial charge is 0.287 e. The van der Waals surface area contributed by atoms with Crippen LogP contribution in [0.25, 0.3) is 11.5 Å². The SMILES string of the molecule is Cc1nc(-c2cnccn2)[nH]c(=O)c1F. The summed E-state index contributed by atoms with van der Waals surface area (Å²) in [6.45, 7) is 1.42. The summed E-state index contributed by atoms with van der Waals surface area (Å²) in [7, 11) is 0. The van der Waals surface area contributed by atoms with Gasteiger partial charge in [-0.15, -0.1) is 0 Å². The molecule has 1 N–H and O–H groups in total. The number of hydrogen-bond donors (Lipinski definition) is 1. The summed E-state index contributed by atoms with van der Waals surface area (Å²) < 4.78 is 13.0. The molecule has 0 aliphatic heterocycles. The maximum absolute atomic E-state index is 13.0. The molecule has 6 heteroatoms. The maximum atomic E-state index is 13.0. The van der Waals surface area contributed by atoms with Crippen molar-refractivity contribution in [3.8, 4) is 11.5 Å². The first-order valence-corrected chi connectivity index (χ1v) is 4.21. The van der Waals surface area contributed by atoms with Crippen LogP contribution in [0, 0.1) is 12.7 Å². The summed E-state index contributed by atoms with van der Waals surface area (Å²) in [6.07, 6.45) is 4.40. The standard InChI is InChI=1S/C9H7FN4O/c1-5-7(10)9(15)14-8(13-5)6-4-11-2-3-12-6/h2-4H,1H3,(H,13,14,15). The highest BCUT2D eigenvalue weighted by molar-refractivity contribution is 5.46. The molecule has 2 aromatic heterocycles. The second-order valence-electron chi connectivity index (χ2n) is 2.90. The minimum atomic E-state index is -0.873. The predicted octanol–water partition coefficient (Wildman–Crippen LogP) is 0.674. The van der Waals surface area contributed by atoms with Crippen molar-refractivity contribution in [1.29, 1.82) is 0 Å². The highest BCUT2D eigenvalue weighted by Gasteiger charge is 2.08. The first kappa shape index (κ1) is 9.45. The van der Waals surface area contributed by atoms with Gasteiger partial charge in [0.1, 0.15) is 5.69 Å². The highest BCUT2D eigenvalue weighted by Crippen LogP contribution is 2.08. The van der Waals surface area contributed by atoms with Gasteiger partial charge in [0, 0.05) is 12.4 Å². The predicted molar refractivity (Wildman–Crippen MR) is 50.6 cm³/mol. The lowest BCUT2D eigenvalue weighted by Gasteiger charge is -2.00. The molecule has 0 saturated carbocycles. The van der Waals surface area contributed by atoms with Gasteiger partial charge in [-0.2, -0.15) is 4.39 Å². The molecule has 2 aromatic rings. The van der Waals surface area contributed by atoms with E-state index in [9.17, 15) is 9.18 Å². The molecule has 2 rings (SSSR count). The van der Waals surface area contributed by atoms with Gasteiger partial charge in [0.2, 0.25) is 5.82 Å². The summed E-state index contributed by atoms with van der Waals surface area (Å²) in [5.74, 6) is -0.658. The van der Waals surface area contributed by atoms with Crippen molar-refractivity contribution in [2.45, 2.75) is 6.92 Å². The topological polar surface area (TPSA) is 71.5 Å². The number of aromatic amines is 1. The Kier molecular flexibility index (Phi) is 2.24. The molecule has 0 radical (unpaired) electrons. The van der Waals surface area contributed by atoms with E-state index in [1.54, 1.807) is 0 Å². The van der Waals surface area contributed by atoms with Crippen molar-refractivity contribution in [2.75, 3.05) is 0 Å². The van der Waals surface area contributed by atoms with Crippen molar-refractivity contribution in [1.82, 2.24) is 19.9 Å². The molecule has 2 heterocycles. The fourth-order valence-corrected chi connectivity index (χ4v) is 1.11. The van der Waals surface area contributed by atoms with E-state index in [2.05, 4.69) is 19.9 Å². The van der Waals surface area contributed by atoms with Crippen LogP contribution in [0.5, 0.6) is 0 Å². The van der Waals surface area contributed by atoms with Crippen molar-refractivity contribution < 1.29 is 4.39 Å². The lowest BCUT2D eigenvalue weighted by atomic mass is 10.3. The summed E-state index contributed by atoms with van der Waals surface area (Å²) in [4.78, 5) is 25.0. The molecule has 0 aromatic carbocycles. The lowest BCUT2D eigenvalue weighted by molar-refractivity contribution is 0.589. The molecular formula is C9H7FN4O. The molecule has 0 spiro atoms. The third-order valence-corrected chi connectivity index (χ3v) is 1.83. The molecule has 0 saturated heterocycles. The van der Waals surface area contributed by atoms with Crippen molar-refractivity contribution in [3.63, 3.8) is 0 Å². The monoisotopic (exact) mass is 206 g/mol. The van der Waals surface area contributed by atoms with E-state index >= 15 is 0 Å². The number of hydrogen-bond acceptors (Lipinski definition) is 4. The Hall–Kier alpha value is -2.11. The number of aromatic nitrogens is 4. The third kappa shape index (κ3) is 1.74. The number of aryl methyl sites for hydroxylation is 1. The Morgan fingerprint density at radius 1 is 1.40 bits per heavy atom. The average Bonchev–Trinajstić information content (AvgIpc) is 2.26. The van der Waals surface area contributed by atoms with E-state index in [1.807, 2.05) is 0 Å². The molecule has 0 amide bonds. The molecule has 0 atom stereocenters. The van der Waals surface area contributed by atoms with E-state index in [0.717, 1.165) is 0 Å². The van der Waals surface area contributed by atoms with Gasteiger partial charge in [0.05, 0.1) is 11.9 Å². The maximum Gasteiger partial charge on any atom is 0.287 e. The molecule has 0 fully saturated rings. The van der Waals surface area contributed by atoms with E-state index in [-0.39, 0.29) is 11.5 Å². The van der Waals surface area contributed by atoms with Gasteiger partial charge < -0.3 is 4.98 Å². The molecule has 0 bridgehead atoms. The molecule has 0 aliphatic carbocycles. The first-order valence-electron chi connectivity index (χ1n) is 4.21. The zero-order chi connectivity index (χ0) is 10.8. The number of H-pyrrole nitrogens is 1. The van der Waals surface area contributed by atoms with Gasteiger partial charge in [-0.1, -0.05) is 0 Å². The Morgan fingerprint density at radius 2 is 2.20 bits per heavy atom. The van der Waals surface area contributed by atoms with Crippen molar-refractivity contribution >= 4 is 0 Å². The fraction of sp³-hybridized carbons (Fsp3) is 0.111. The second kappa shape index (κ2) is 3.56. The van der Waals surface area contributed by atoms with Crippen LogP contribution in [-0.4, -0.2) is 19.9 Å². The van der Waals surface area contributed by atoms with Gasteiger partial charge in [0.25, 0.3) is 5.56 Å². The molecule has 15 heavy (non-hydrogen) atoms. The number of halogens is 1. The van der Waals surface area contributed by atoms with E-state index in [1.165, 1.54) is 25.5 Å². The number of nitrogens with one attached hydrogen (secondary N) is 1. The van der Waals surface area contributed by atoms with Crippen LogP contribution in [-0.2, 0) is 0 Å². The minimum absolute atomic E-state index is 0.0411. The van der Waals surface area contributed by atoms with Gasteiger partial charge in [-0.3, -0.25) is 9.78 Å². The lowest BCUT2D eigenvalue weighted by Crippen LogP contribution is -2.15. The zero-order valence-corrected chi connectivity index (χ0v) is 7.86. The van der Waals surface area contributed by atoms with Gasteiger partial charge in [0.15, 0.2) is 5.82 Å². The van der Waals surface area contributed by atoms with E-state index in [4.69, 9.17) is 0 Å². The Bertz CT molecular complexity index is 538. The summed E-state index contributed by atoms with van der Waals surface area (Å²) in [5, 5.41) is 0. The number of rotatable bonds is 1. The van der Waals surface area contributed by atoms with E-state index in [0.29, 0.717) is 5.69 Å². The van der Waals surface area contributed by atoms with Crippen LogP contribution in [0.4, 0.5) is 4.39 Å². The quantitative estimate of drug-likeness (QED) is 0.744. The number of nitrogens with zero attached hydrogens (tertiary/aromatic N) is 3. The minimum Gasteiger partial charge on any atom is -0.303 e. The van der Waals surface area contributed by atoms with Crippen LogP contribution < -0.4 is 5.56 Å². The molecule has 76 valence electrons. The Balaban J connectivity index is 2.61. The Labute approximate surface area is 84.1 Å². The molecular weight excluding hydrogens is 199 g/mol. The van der Waals surface area contributed by atoms with Crippen LogP contribution >= 0.6 is 0 Å². The third-order valence-electron chi connectivity index (χ3n) is 1.83. The molecule has 5 nitrogen and oxygen atoms in total.